The van der Waals surface area contributed by atoms with E-state index in [0.717, 1.165) is 35.2 Å². The van der Waals surface area contributed by atoms with Crippen molar-refractivity contribution < 1.29 is 13.9 Å². The molecule has 3 aromatic rings. The molecule has 2 aromatic heterocycles. The molecule has 1 N–H and O–H groups in total. The van der Waals surface area contributed by atoms with Crippen molar-refractivity contribution in [2.75, 3.05) is 5.32 Å². The van der Waals surface area contributed by atoms with Gasteiger partial charge in [-0.25, -0.2) is 4.79 Å². The molecular formula is C19H21N3O4S. The molecule has 0 spiro atoms. The maximum absolute atomic E-state index is 12.3. The van der Waals surface area contributed by atoms with Crippen LogP contribution in [0.1, 0.15) is 37.3 Å². The minimum atomic E-state index is -0.748. The highest BCUT2D eigenvalue weighted by Crippen LogP contribution is 2.23. The third kappa shape index (κ3) is 4.71. The van der Waals surface area contributed by atoms with Gasteiger partial charge < -0.3 is 9.15 Å². The minimum Gasteiger partial charge on any atom is -0.481 e. The maximum Gasteiger partial charge on any atom is 0.336 e. The molecule has 1 aromatic carbocycles. The van der Waals surface area contributed by atoms with E-state index in [4.69, 9.17) is 9.15 Å². The third-order valence-electron chi connectivity index (χ3n) is 4.05. The van der Waals surface area contributed by atoms with Crippen LogP contribution in [0.3, 0.4) is 0 Å². The van der Waals surface area contributed by atoms with Crippen LogP contribution < -0.4 is 15.7 Å². The molecule has 0 aliphatic carbocycles. The Labute approximate surface area is 160 Å². The van der Waals surface area contributed by atoms with Crippen LogP contribution in [-0.2, 0) is 11.2 Å². The number of amides is 1. The van der Waals surface area contributed by atoms with E-state index < -0.39 is 11.7 Å². The summed E-state index contributed by atoms with van der Waals surface area (Å²) in [6.45, 7) is 5.60. The number of fused-ring (bicyclic) bond motifs is 1. The Bertz CT molecular complexity index is 1010. The highest BCUT2D eigenvalue weighted by atomic mass is 32.1. The zero-order valence-electron chi connectivity index (χ0n) is 15.4. The first kappa shape index (κ1) is 19.0. The second-order valence-corrected chi connectivity index (χ2v) is 7.32. The van der Waals surface area contributed by atoms with Gasteiger partial charge >= 0.3 is 5.63 Å². The average Bonchev–Trinajstić information content (AvgIpc) is 3.06. The van der Waals surface area contributed by atoms with Crippen molar-refractivity contribution in [1.82, 2.24) is 10.2 Å². The first-order valence-electron chi connectivity index (χ1n) is 8.80. The molecule has 0 saturated heterocycles. The molecule has 142 valence electrons. The summed E-state index contributed by atoms with van der Waals surface area (Å²) in [5, 5.41) is 13.0. The smallest absolute Gasteiger partial charge is 0.336 e. The summed E-state index contributed by atoms with van der Waals surface area (Å²) in [6, 6.07) is 6.60. The number of nitrogens with one attached hydrogen (secondary N) is 1. The largest absolute Gasteiger partial charge is 0.481 e. The minimum absolute atomic E-state index is 0.320. The number of aryl methyl sites for hydroxylation is 2. The second kappa shape index (κ2) is 8.30. The van der Waals surface area contributed by atoms with Crippen LogP contribution in [-0.4, -0.2) is 22.2 Å². The van der Waals surface area contributed by atoms with E-state index in [1.807, 2.05) is 6.92 Å². The van der Waals surface area contributed by atoms with E-state index in [-0.39, 0.29) is 5.91 Å². The van der Waals surface area contributed by atoms with Gasteiger partial charge in [0.15, 0.2) is 6.10 Å². The predicted molar refractivity (Wildman–Crippen MR) is 104 cm³/mol. The lowest BCUT2D eigenvalue weighted by Crippen LogP contribution is -2.30. The van der Waals surface area contributed by atoms with Gasteiger partial charge in [-0.3, -0.25) is 10.1 Å². The Morgan fingerprint density at radius 1 is 1.33 bits per heavy atom. The van der Waals surface area contributed by atoms with Crippen LogP contribution in [0.2, 0.25) is 0 Å². The standard InChI is InChI=1S/C19H21N3O4S/c1-4-5-6-16-21-22-19(27-16)20-18(24)12(3)25-13-7-8-14-11(2)9-17(23)26-15(14)10-13/h7-10,12H,4-6H2,1-3H3,(H,20,22,24). The fourth-order valence-electron chi connectivity index (χ4n) is 2.58. The fraction of sp³-hybridized carbons (Fsp3) is 0.368. The molecule has 0 radical (unpaired) electrons. The van der Waals surface area contributed by atoms with Crippen molar-refractivity contribution in [2.24, 2.45) is 0 Å². The molecule has 0 aliphatic rings. The third-order valence-corrected chi connectivity index (χ3v) is 4.94. The van der Waals surface area contributed by atoms with Crippen LogP contribution in [0, 0.1) is 6.92 Å². The summed E-state index contributed by atoms with van der Waals surface area (Å²) in [5.74, 6) is 0.124. The van der Waals surface area contributed by atoms with Gasteiger partial charge in [0, 0.05) is 23.9 Å². The number of aromatic nitrogens is 2. The summed E-state index contributed by atoms with van der Waals surface area (Å²) in [5.41, 5.74) is 0.835. The summed E-state index contributed by atoms with van der Waals surface area (Å²) in [6.07, 6.45) is 2.23. The van der Waals surface area contributed by atoms with Gasteiger partial charge in [0.1, 0.15) is 16.3 Å². The number of hydrogen-bond acceptors (Lipinski definition) is 7. The van der Waals surface area contributed by atoms with E-state index in [1.54, 1.807) is 25.1 Å². The quantitative estimate of drug-likeness (QED) is 0.621. The van der Waals surface area contributed by atoms with Crippen molar-refractivity contribution in [3.05, 3.63) is 45.3 Å². The monoisotopic (exact) mass is 387 g/mol. The molecule has 0 aliphatic heterocycles. The Morgan fingerprint density at radius 3 is 2.93 bits per heavy atom. The van der Waals surface area contributed by atoms with Crippen LogP contribution in [0.25, 0.3) is 11.0 Å². The number of rotatable bonds is 7. The van der Waals surface area contributed by atoms with Gasteiger partial charge in [-0.15, -0.1) is 10.2 Å². The van der Waals surface area contributed by atoms with Gasteiger partial charge in [0.05, 0.1) is 0 Å². The van der Waals surface area contributed by atoms with Crippen molar-refractivity contribution in [3.63, 3.8) is 0 Å². The Hall–Kier alpha value is -2.74. The average molecular weight is 387 g/mol. The fourth-order valence-corrected chi connectivity index (χ4v) is 3.36. The summed E-state index contributed by atoms with van der Waals surface area (Å²) in [4.78, 5) is 23.9. The molecule has 8 heteroatoms. The van der Waals surface area contributed by atoms with E-state index in [0.29, 0.717) is 16.5 Å². The summed E-state index contributed by atoms with van der Waals surface area (Å²) in [7, 11) is 0. The topological polar surface area (TPSA) is 94.3 Å². The first-order valence-corrected chi connectivity index (χ1v) is 9.62. The highest BCUT2D eigenvalue weighted by Gasteiger charge is 2.17. The lowest BCUT2D eigenvalue weighted by molar-refractivity contribution is -0.122. The number of benzene rings is 1. The Morgan fingerprint density at radius 2 is 2.15 bits per heavy atom. The van der Waals surface area contributed by atoms with E-state index in [1.165, 1.54) is 17.4 Å². The Balaban J connectivity index is 1.66. The maximum atomic E-state index is 12.3. The zero-order valence-corrected chi connectivity index (χ0v) is 16.3. The van der Waals surface area contributed by atoms with Crippen LogP contribution in [0.4, 0.5) is 5.13 Å². The lowest BCUT2D eigenvalue weighted by atomic mass is 10.1. The van der Waals surface area contributed by atoms with Crippen molar-refractivity contribution in [3.8, 4) is 5.75 Å². The van der Waals surface area contributed by atoms with E-state index >= 15 is 0 Å². The second-order valence-electron chi connectivity index (χ2n) is 6.26. The molecule has 27 heavy (non-hydrogen) atoms. The van der Waals surface area contributed by atoms with Crippen molar-refractivity contribution in [1.29, 1.82) is 0 Å². The summed E-state index contributed by atoms with van der Waals surface area (Å²) >= 11 is 1.37. The summed E-state index contributed by atoms with van der Waals surface area (Å²) < 4.78 is 10.9. The molecule has 0 fully saturated rings. The number of unbranched alkanes of at least 4 members (excludes halogenated alkanes) is 1. The van der Waals surface area contributed by atoms with E-state index in [9.17, 15) is 9.59 Å². The number of anilines is 1. The van der Waals surface area contributed by atoms with Crippen molar-refractivity contribution >= 4 is 33.3 Å². The Kier molecular flexibility index (Phi) is 5.85. The number of nitrogens with zero attached hydrogens (tertiary/aromatic N) is 2. The molecule has 0 saturated carbocycles. The number of carbonyl (C=O) groups excluding carboxylic acids is 1. The lowest BCUT2D eigenvalue weighted by Gasteiger charge is -2.14. The highest BCUT2D eigenvalue weighted by molar-refractivity contribution is 7.15. The van der Waals surface area contributed by atoms with Gasteiger partial charge in [0.25, 0.3) is 5.91 Å². The molecule has 1 unspecified atom stereocenters. The SMILES string of the molecule is CCCCc1nnc(NC(=O)C(C)Oc2ccc3c(C)cc(=O)oc3c2)s1. The van der Waals surface area contributed by atoms with Gasteiger partial charge in [-0.1, -0.05) is 24.7 Å². The van der Waals surface area contributed by atoms with Crippen LogP contribution in [0.5, 0.6) is 5.75 Å². The molecule has 1 amide bonds. The van der Waals surface area contributed by atoms with Gasteiger partial charge in [-0.05, 0) is 38.0 Å². The molecule has 0 bridgehead atoms. The number of ether oxygens (including phenoxy) is 1. The van der Waals surface area contributed by atoms with Gasteiger partial charge in [0.2, 0.25) is 5.13 Å². The van der Waals surface area contributed by atoms with Crippen LogP contribution in [0.15, 0.2) is 33.5 Å². The van der Waals surface area contributed by atoms with Crippen molar-refractivity contribution in [2.45, 2.75) is 46.1 Å². The first-order chi connectivity index (χ1) is 13.0. The molecule has 7 nitrogen and oxygen atoms in total. The van der Waals surface area contributed by atoms with Crippen LogP contribution >= 0.6 is 11.3 Å². The number of hydrogen-bond donors (Lipinski definition) is 1. The van der Waals surface area contributed by atoms with E-state index in [2.05, 4.69) is 22.4 Å². The molecule has 1 atom stereocenters. The van der Waals surface area contributed by atoms with Gasteiger partial charge in [-0.2, -0.15) is 0 Å². The molecule has 2 heterocycles. The molecular weight excluding hydrogens is 366 g/mol. The normalized spacial score (nSPS) is 12.1. The number of carbonyl (C=O) groups is 1. The predicted octanol–water partition coefficient (Wildman–Crippen LogP) is 3.70. The zero-order chi connectivity index (χ0) is 19.4. The molecule has 3 rings (SSSR count).